The van der Waals surface area contributed by atoms with Crippen LogP contribution in [0.1, 0.15) is 34.1 Å². The quantitative estimate of drug-likeness (QED) is 0.323. The highest BCUT2D eigenvalue weighted by Crippen LogP contribution is 2.47. The van der Waals surface area contributed by atoms with Crippen LogP contribution in [0.2, 0.25) is 0 Å². The molecule has 0 bridgehead atoms. The van der Waals surface area contributed by atoms with Crippen LogP contribution in [-0.4, -0.2) is 46.9 Å². The van der Waals surface area contributed by atoms with Gasteiger partial charge in [0.05, 0.1) is 16.8 Å². The fourth-order valence-corrected chi connectivity index (χ4v) is 6.50. The molecular formula is C32H32N6O3. The number of ether oxygens (including phenoxy) is 1. The van der Waals surface area contributed by atoms with Gasteiger partial charge in [-0.25, -0.2) is 0 Å². The van der Waals surface area contributed by atoms with Crippen LogP contribution in [0.15, 0.2) is 48.7 Å². The normalized spacial score (nSPS) is 13.6. The smallest absolute Gasteiger partial charge is 0.262 e. The second-order valence-electron chi connectivity index (χ2n) is 11.0. The van der Waals surface area contributed by atoms with E-state index in [0.717, 1.165) is 75.0 Å². The Morgan fingerprint density at radius 3 is 2.66 bits per heavy atom. The molecule has 2 amide bonds. The molecule has 1 aliphatic heterocycles. The predicted molar refractivity (Wildman–Crippen MR) is 161 cm³/mol. The fourth-order valence-electron chi connectivity index (χ4n) is 6.50. The average molecular weight is 549 g/mol. The number of aryl methyl sites for hydroxylation is 4. The molecule has 3 aromatic carbocycles. The molecule has 0 atom stereocenters. The van der Waals surface area contributed by atoms with Crippen molar-refractivity contribution in [2.45, 2.75) is 32.9 Å². The summed E-state index contributed by atoms with van der Waals surface area (Å²) in [5, 5.41) is 12.8. The summed E-state index contributed by atoms with van der Waals surface area (Å²) in [6.07, 6.45) is 3.70. The number of fused-ring (bicyclic) bond motifs is 10. The molecule has 208 valence electrons. The SMILES string of the molecule is CCn1c2ccc(OCC(=O)Nc3ccc(N(C)C)cc3)cc2c2c3c(c4c(c21)CCc1nn(C)cc1-4)C(=O)NC3. The van der Waals surface area contributed by atoms with Crippen LogP contribution < -0.4 is 20.3 Å². The first-order valence-electron chi connectivity index (χ1n) is 14.0. The van der Waals surface area contributed by atoms with Crippen LogP contribution in [0.3, 0.4) is 0 Å². The summed E-state index contributed by atoms with van der Waals surface area (Å²) in [6.45, 7) is 3.32. The molecule has 2 aliphatic rings. The van der Waals surface area contributed by atoms with E-state index in [0.29, 0.717) is 12.3 Å². The molecule has 0 fully saturated rings. The largest absolute Gasteiger partial charge is 0.484 e. The molecule has 1 aliphatic carbocycles. The maximum atomic E-state index is 13.2. The van der Waals surface area contributed by atoms with E-state index in [1.807, 2.05) is 73.3 Å². The van der Waals surface area contributed by atoms with E-state index < -0.39 is 0 Å². The molecule has 0 spiro atoms. The molecule has 0 saturated carbocycles. The van der Waals surface area contributed by atoms with E-state index in [1.54, 1.807) is 0 Å². The van der Waals surface area contributed by atoms with E-state index in [4.69, 9.17) is 4.74 Å². The number of nitrogens with zero attached hydrogens (tertiary/aromatic N) is 4. The number of carbonyl (C=O) groups excluding carboxylic acids is 2. The number of aromatic nitrogens is 3. The van der Waals surface area contributed by atoms with Crippen LogP contribution >= 0.6 is 0 Å². The maximum Gasteiger partial charge on any atom is 0.262 e. The summed E-state index contributed by atoms with van der Waals surface area (Å²) in [4.78, 5) is 27.9. The fraction of sp³-hybridized carbons (Fsp3) is 0.281. The number of amides is 2. The Bertz CT molecular complexity index is 1880. The minimum absolute atomic E-state index is 0.0325. The van der Waals surface area contributed by atoms with E-state index >= 15 is 0 Å². The molecule has 0 radical (unpaired) electrons. The molecule has 0 saturated heterocycles. The van der Waals surface area contributed by atoms with Crippen LogP contribution in [0.5, 0.6) is 5.75 Å². The minimum atomic E-state index is -0.226. The van der Waals surface area contributed by atoms with Crippen molar-refractivity contribution in [2.75, 3.05) is 30.9 Å². The van der Waals surface area contributed by atoms with Gasteiger partial charge in [-0.3, -0.25) is 14.3 Å². The zero-order valence-electron chi connectivity index (χ0n) is 23.7. The molecule has 2 aromatic heterocycles. The Balaban J connectivity index is 1.28. The number of benzene rings is 3. The summed E-state index contributed by atoms with van der Waals surface area (Å²) in [5.41, 5.74) is 10.2. The molecule has 7 rings (SSSR count). The molecule has 41 heavy (non-hydrogen) atoms. The molecule has 2 N–H and O–H groups in total. The number of hydrogen-bond acceptors (Lipinski definition) is 5. The van der Waals surface area contributed by atoms with E-state index in [2.05, 4.69) is 33.3 Å². The first-order valence-corrected chi connectivity index (χ1v) is 14.0. The molecule has 9 nitrogen and oxygen atoms in total. The van der Waals surface area contributed by atoms with Crippen molar-refractivity contribution in [3.8, 4) is 16.9 Å². The summed E-state index contributed by atoms with van der Waals surface area (Å²) in [6, 6.07) is 13.7. The molecule has 9 heteroatoms. The lowest BCUT2D eigenvalue weighted by Gasteiger charge is -2.21. The van der Waals surface area contributed by atoms with Crippen molar-refractivity contribution in [1.29, 1.82) is 0 Å². The highest BCUT2D eigenvalue weighted by atomic mass is 16.5. The Hall–Kier alpha value is -4.79. The molecule has 0 unspecified atom stereocenters. The molecule has 5 aromatic rings. The van der Waals surface area contributed by atoms with Gasteiger partial charge < -0.3 is 24.8 Å². The zero-order chi connectivity index (χ0) is 28.4. The Morgan fingerprint density at radius 1 is 1.10 bits per heavy atom. The summed E-state index contributed by atoms with van der Waals surface area (Å²) < 4.78 is 10.2. The van der Waals surface area contributed by atoms with Crippen molar-refractivity contribution < 1.29 is 14.3 Å². The lowest BCUT2D eigenvalue weighted by atomic mass is 9.82. The number of anilines is 2. The van der Waals surface area contributed by atoms with Gasteiger partial charge in [-0.1, -0.05) is 0 Å². The van der Waals surface area contributed by atoms with E-state index in [9.17, 15) is 9.59 Å². The second-order valence-corrected chi connectivity index (χ2v) is 11.0. The third-order valence-electron chi connectivity index (χ3n) is 8.27. The number of rotatable bonds is 6. The summed E-state index contributed by atoms with van der Waals surface area (Å²) in [7, 11) is 5.89. The first kappa shape index (κ1) is 25.2. The minimum Gasteiger partial charge on any atom is -0.484 e. The second kappa shape index (κ2) is 9.40. The van der Waals surface area contributed by atoms with Crippen molar-refractivity contribution in [1.82, 2.24) is 19.7 Å². The van der Waals surface area contributed by atoms with Gasteiger partial charge in [0, 0.05) is 79.2 Å². The van der Waals surface area contributed by atoms with Crippen molar-refractivity contribution in [2.24, 2.45) is 7.05 Å². The van der Waals surface area contributed by atoms with Crippen LogP contribution in [0.4, 0.5) is 11.4 Å². The number of nitrogens with one attached hydrogen (secondary N) is 2. The Kier molecular flexibility index (Phi) is 5.78. The van der Waals surface area contributed by atoms with Crippen LogP contribution in [0.25, 0.3) is 32.9 Å². The third-order valence-corrected chi connectivity index (χ3v) is 8.27. The van der Waals surface area contributed by atoms with Crippen molar-refractivity contribution >= 4 is 45.0 Å². The van der Waals surface area contributed by atoms with Gasteiger partial charge in [-0.2, -0.15) is 5.10 Å². The lowest BCUT2D eigenvalue weighted by molar-refractivity contribution is -0.118. The standard InChI is InChI=1S/C32H32N6O3/c1-5-38-26-13-10-20(41-17-27(39)34-18-6-8-19(9-7-18)36(2)3)14-22(26)29-23-15-33-32(40)30(23)28-21(31(29)38)11-12-25-24(28)16-37(4)35-25/h6-10,13-14,16H,5,11-12,15,17H2,1-4H3,(H,33,40)(H,34,39). The highest BCUT2D eigenvalue weighted by Gasteiger charge is 2.35. The zero-order valence-corrected chi connectivity index (χ0v) is 23.7. The van der Waals surface area contributed by atoms with E-state index in [1.165, 1.54) is 11.1 Å². The highest BCUT2D eigenvalue weighted by molar-refractivity contribution is 6.19. The van der Waals surface area contributed by atoms with Gasteiger partial charge in [0.15, 0.2) is 6.61 Å². The monoisotopic (exact) mass is 548 g/mol. The van der Waals surface area contributed by atoms with Gasteiger partial charge in [0.25, 0.3) is 11.8 Å². The van der Waals surface area contributed by atoms with Crippen molar-refractivity contribution in [3.05, 3.63) is 71.0 Å². The number of hydrogen-bond donors (Lipinski definition) is 2. The van der Waals surface area contributed by atoms with Gasteiger partial charge >= 0.3 is 0 Å². The number of carbonyl (C=O) groups is 2. The van der Waals surface area contributed by atoms with Gasteiger partial charge in [-0.15, -0.1) is 0 Å². The first-order chi connectivity index (χ1) is 19.8. The van der Waals surface area contributed by atoms with Gasteiger partial charge in [0.1, 0.15) is 5.75 Å². The van der Waals surface area contributed by atoms with Gasteiger partial charge in [-0.05, 0) is 73.4 Å². The summed E-state index contributed by atoms with van der Waals surface area (Å²) >= 11 is 0. The average Bonchev–Trinajstić information content (AvgIpc) is 3.64. The molecular weight excluding hydrogens is 516 g/mol. The molecule has 3 heterocycles. The predicted octanol–water partition coefficient (Wildman–Crippen LogP) is 4.64. The van der Waals surface area contributed by atoms with Crippen LogP contribution in [0, 0.1) is 0 Å². The maximum absolute atomic E-state index is 13.2. The van der Waals surface area contributed by atoms with Gasteiger partial charge in [0.2, 0.25) is 0 Å². The Labute approximate surface area is 237 Å². The summed E-state index contributed by atoms with van der Waals surface area (Å²) in [5.74, 6) is 0.356. The lowest BCUT2D eigenvalue weighted by Crippen LogP contribution is -2.20. The van der Waals surface area contributed by atoms with E-state index in [-0.39, 0.29) is 18.4 Å². The van der Waals surface area contributed by atoms with Crippen LogP contribution in [-0.2, 0) is 37.8 Å². The third kappa shape index (κ3) is 3.95. The Morgan fingerprint density at radius 2 is 1.90 bits per heavy atom. The van der Waals surface area contributed by atoms with Crippen molar-refractivity contribution in [3.63, 3.8) is 0 Å². The topological polar surface area (TPSA) is 93.4 Å².